The van der Waals surface area contributed by atoms with E-state index < -0.39 is 13.9 Å². The van der Waals surface area contributed by atoms with Gasteiger partial charge in [-0.15, -0.1) is 5.10 Å². The molecule has 6 rings (SSSR count). The van der Waals surface area contributed by atoms with Gasteiger partial charge in [-0.2, -0.15) is 5.10 Å². The first-order chi connectivity index (χ1) is 21.4. The maximum atomic E-state index is 13.8. The Balaban J connectivity index is 1.18. The fourth-order valence-electron chi connectivity index (χ4n) is 5.73. The topological polar surface area (TPSA) is 112 Å². The molecule has 2 aliphatic rings. The van der Waals surface area contributed by atoms with Crippen molar-refractivity contribution in [3.8, 4) is 22.5 Å². The van der Waals surface area contributed by atoms with Crippen LogP contribution in [0.3, 0.4) is 0 Å². The van der Waals surface area contributed by atoms with Crippen molar-refractivity contribution in [3.05, 3.63) is 49.1 Å². The third-order valence-electron chi connectivity index (χ3n) is 8.29. The smallest absolute Gasteiger partial charge is 0.326 e. The monoisotopic (exact) mass is 632 g/mol. The number of anilines is 1. The Hall–Kier alpha value is -3.65. The van der Waals surface area contributed by atoms with Crippen LogP contribution in [0.5, 0.6) is 0 Å². The lowest BCUT2D eigenvalue weighted by atomic mass is 10.0. The molecule has 0 saturated carbocycles. The summed E-state index contributed by atoms with van der Waals surface area (Å²) in [5.74, 6) is 0.858. The Kier molecular flexibility index (Phi) is 8.54. The SMILES string of the molecule is CC(C)[C@H]1CN(C[C@H]2COC(C)(C)O2)C(=O)N1c1ccn2ncc(-c3ccc(-c4ncn(COCC[Si](C)(C)C)n4)cc3)c2n1. The van der Waals surface area contributed by atoms with Crippen LogP contribution >= 0.6 is 0 Å². The molecular weight excluding hydrogens is 588 g/mol. The number of ether oxygens (including phenoxy) is 3. The van der Waals surface area contributed by atoms with E-state index >= 15 is 0 Å². The average Bonchev–Trinajstić information content (AvgIpc) is 3.77. The number of carbonyl (C=O) groups is 1. The van der Waals surface area contributed by atoms with Crippen molar-refractivity contribution in [2.75, 3.05) is 31.2 Å². The molecule has 0 bridgehead atoms. The summed E-state index contributed by atoms with van der Waals surface area (Å²) >= 11 is 0. The molecule has 5 heterocycles. The number of urea groups is 1. The van der Waals surface area contributed by atoms with E-state index in [0.717, 1.165) is 29.3 Å². The summed E-state index contributed by atoms with van der Waals surface area (Å²) < 4.78 is 21.0. The van der Waals surface area contributed by atoms with Crippen LogP contribution in [0.4, 0.5) is 10.6 Å². The molecule has 2 aliphatic heterocycles. The molecule has 3 aromatic heterocycles. The van der Waals surface area contributed by atoms with Crippen molar-refractivity contribution in [3.63, 3.8) is 0 Å². The lowest BCUT2D eigenvalue weighted by Gasteiger charge is -2.25. The van der Waals surface area contributed by atoms with Crippen molar-refractivity contribution in [2.24, 2.45) is 5.92 Å². The Morgan fingerprint density at radius 1 is 1.11 bits per heavy atom. The molecule has 2 atom stereocenters. The Morgan fingerprint density at radius 3 is 2.56 bits per heavy atom. The fraction of sp³-hybridized carbons (Fsp3) is 0.531. The predicted octanol–water partition coefficient (Wildman–Crippen LogP) is 5.39. The second-order valence-electron chi connectivity index (χ2n) is 14.0. The van der Waals surface area contributed by atoms with Gasteiger partial charge in [-0.25, -0.2) is 24.0 Å². The number of carbonyl (C=O) groups excluding carboxylic acids is 1. The van der Waals surface area contributed by atoms with Crippen LogP contribution in [0.25, 0.3) is 28.2 Å². The first-order valence-corrected chi connectivity index (χ1v) is 19.4. The number of amides is 2. The zero-order valence-electron chi connectivity index (χ0n) is 27.3. The second-order valence-corrected chi connectivity index (χ2v) is 19.6. The number of rotatable bonds is 11. The third kappa shape index (κ3) is 6.96. The first-order valence-electron chi connectivity index (χ1n) is 15.7. The highest BCUT2D eigenvalue weighted by molar-refractivity contribution is 6.76. The molecule has 2 saturated heterocycles. The molecule has 0 spiro atoms. The average molecular weight is 633 g/mol. The van der Waals surface area contributed by atoms with E-state index in [9.17, 15) is 4.79 Å². The van der Waals surface area contributed by atoms with Crippen molar-refractivity contribution in [1.82, 2.24) is 34.3 Å². The largest absolute Gasteiger partial charge is 0.359 e. The summed E-state index contributed by atoms with van der Waals surface area (Å²) in [6.07, 6.45) is 5.22. The molecule has 45 heavy (non-hydrogen) atoms. The van der Waals surface area contributed by atoms with Crippen LogP contribution < -0.4 is 4.90 Å². The highest BCUT2D eigenvalue weighted by atomic mass is 28.3. The maximum absolute atomic E-state index is 13.8. The number of nitrogens with zero attached hydrogens (tertiary/aromatic N) is 8. The van der Waals surface area contributed by atoms with Crippen molar-refractivity contribution in [1.29, 1.82) is 0 Å². The third-order valence-corrected chi connectivity index (χ3v) is 9.99. The zero-order valence-corrected chi connectivity index (χ0v) is 28.3. The van der Waals surface area contributed by atoms with Crippen LogP contribution in [0.2, 0.25) is 25.7 Å². The molecule has 240 valence electrons. The molecule has 1 aromatic carbocycles. The molecule has 0 N–H and O–H groups in total. The Morgan fingerprint density at radius 2 is 1.87 bits per heavy atom. The number of benzene rings is 1. The molecular formula is C32H44N8O4Si. The first kappa shape index (κ1) is 31.3. The minimum absolute atomic E-state index is 0.0218. The summed E-state index contributed by atoms with van der Waals surface area (Å²) in [4.78, 5) is 26.9. The van der Waals surface area contributed by atoms with Gasteiger partial charge >= 0.3 is 6.03 Å². The minimum atomic E-state index is -1.13. The van der Waals surface area contributed by atoms with Crippen molar-refractivity contribution < 1.29 is 19.0 Å². The summed E-state index contributed by atoms with van der Waals surface area (Å²) in [7, 11) is -1.13. The standard InChI is InChI=1S/C32H44N8O4Si/c1-22(2)27-18-37(17-25-19-43-32(3,4)44-25)31(41)40(27)28-12-13-39-30(35-28)26(16-34-39)23-8-10-24(11-9-23)29-33-20-38(36-29)21-42-14-15-45(5,6)7/h8-13,16,20,22,25,27H,14-15,17-19,21H2,1-7H3/t25-,27+/m0/s1. The van der Waals surface area contributed by atoms with Crippen LogP contribution in [0.15, 0.2) is 49.1 Å². The summed E-state index contributed by atoms with van der Waals surface area (Å²) in [5, 5.41) is 9.13. The van der Waals surface area contributed by atoms with Crippen LogP contribution in [0, 0.1) is 5.92 Å². The normalized spacial score (nSPS) is 20.3. The molecule has 4 aromatic rings. The number of hydrogen-bond donors (Lipinski definition) is 0. The van der Waals surface area contributed by atoms with E-state index in [0.29, 0.717) is 43.7 Å². The lowest BCUT2D eigenvalue weighted by Crippen LogP contribution is -2.40. The maximum Gasteiger partial charge on any atom is 0.326 e. The van der Waals surface area contributed by atoms with Gasteiger partial charge in [-0.3, -0.25) is 4.90 Å². The lowest BCUT2D eigenvalue weighted by molar-refractivity contribution is -0.139. The molecule has 2 amide bonds. The number of aromatic nitrogens is 6. The molecule has 0 radical (unpaired) electrons. The highest BCUT2D eigenvalue weighted by Gasteiger charge is 2.43. The minimum Gasteiger partial charge on any atom is -0.359 e. The fourth-order valence-corrected chi connectivity index (χ4v) is 6.49. The quantitative estimate of drug-likeness (QED) is 0.160. The van der Waals surface area contributed by atoms with E-state index in [4.69, 9.17) is 19.2 Å². The Labute approximate surface area is 265 Å². The van der Waals surface area contributed by atoms with Gasteiger partial charge in [0.05, 0.1) is 25.4 Å². The van der Waals surface area contributed by atoms with Crippen molar-refractivity contribution >= 4 is 25.6 Å². The number of hydrogen-bond acceptors (Lipinski definition) is 8. The van der Waals surface area contributed by atoms with Gasteiger partial charge in [0.25, 0.3) is 0 Å². The summed E-state index contributed by atoms with van der Waals surface area (Å²) in [5.41, 5.74) is 3.43. The molecule has 2 fully saturated rings. The Bertz CT molecular complexity index is 1640. The molecule has 0 aliphatic carbocycles. The summed E-state index contributed by atoms with van der Waals surface area (Å²) in [6, 6.07) is 10.9. The zero-order chi connectivity index (χ0) is 31.9. The van der Waals surface area contributed by atoms with E-state index in [1.165, 1.54) is 0 Å². The highest BCUT2D eigenvalue weighted by Crippen LogP contribution is 2.32. The van der Waals surface area contributed by atoms with Gasteiger partial charge in [0, 0.05) is 38.5 Å². The van der Waals surface area contributed by atoms with Crippen molar-refractivity contribution in [2.45, 2.75) is 78.0 Å². The van der Waals surface area contributed by atoms with E-state index in [2.05, 4.69) is 48.7 Å². The molecule has 13 heteroatoms. The van der Waals surface area contributed by atoms with Gasteiger partial charge < -0.3 is 19.1 Å². The molecule has 0 unspecified atom stereocenters. The van der Waals surface area contributed by atoms with Gasteiger partial charge in [0.1, 0.15) is 25.0 Å². The van der Waals surface area contributed by atoms with Gasteiger partial charge in [-0.1, -0.05) is 57.8 Å². The van der Waals surface area contributed by atoms with Crippen LogP contribution in [0.1, 0.15) is 27.7 Å². The van der Waals surface area contributed by atoms with Gasteiger partial charge in [0.2, 0.25) is 0 Å². The molecule has 12 nitrogen and oxygen atoms in total. The summed E-state index contributed by atoms with van der Waals surface area (Å²) in [6.45, 7) is 17.8. The van der Waals surface area contributed by atoms with E-state index in [1.54, 1.807) is 15.5 Å². The second kappa shape index (κ2) is 12.3. The van der Waals surface area contributed by atoms with Gasteiger partial charge in [0.15, 0.2) is 17.3 Å². The van der Waals surface area contributed by atoms with Crippen LogP contribution in [-0.4, -0.2) is 92.6 Å². The van der Waals surface area contributed by atoms with Gasteiger partial charge in [-0.05, 0) is 37.4 Å². The number of fused-ring (bicyclic) bond motifs is 1. The van der Waals surface area contributed by atoms with E-state index in [-0.39, 0.29) is 24.1 Å². The van der Waals surface area contributed by atoms with E-state index in [1.807, 2.05) is 66.4 Å². The van der Waals surface area contributed by atoms with Crippen LogP contribution in [-0.2, 0) is 20.9 Å². The predicted molar refractivity (Wildman–Crippen MR) is 175 cm³/mol.